The third-order valence-corrected chi connectivity index (χ3v) is 2.46. The summed E-state index contributed by atoms with van der Waals surface area (Å²) in [5, 5.41) is 11.7. The number of hydrogen-bond acceptors (Lipinski definition) is 2. The van der Waals surface area contributed by atoms with Crippen molar-refractivity contribution in [3.8, 4) is 5.75 Å². The fourth-order valence-electron chi connectivity index (χ4n) is 1.50. The molecule has 0 aliphatic heterocycles. The smallest absolute Gasteiger partial charge is 0.166 e. The molecule has 2 aromatic rings. The molecular formula is C13H10F3NO. The topological polar surface area (TPSA) is 32.3 Å². The van der Waals surface area contributed by atoms with Gasteiger partial charge in [-0.15, -0.1) is 0 Å². The molecule has 0 amide bonds. The number of rotatable bonds is 3. The minimum atomic E-state index is -0.927. The standard InChI is InChI=1S/C13H10F3NO/c14-10-3-1-2-8(13(10)16)7-17-9-4-5-12(18)11(15)6-9/h1-6,17-18H,7H2. The summed E-state index contributed by atoms with van der Waals surface area (Å²) in [7, 11) is 0. The Balaban J connectivity index is 2.11. The summed E-state index contributed by atoms with van der Waals surface area (Å²) < 4.78 is 39.3. The average molecular weight is 253 g/mol. The predicted molar refractivity (Wildman–Crippen MR) is 61.7 cm³/mol. The van der Waals surface area contributed by atoms with E-state index in [1.54, 1.807) is 0 Å². The molecule has 0 aromatic heterocycles. The zero-order chi connectivity index (χ0) is 13.1. The van der Waals surface area contributed by atoms with Crippen LogP contribution in [0, 0.1) is 17.5 Å². The van der Waals surface area contributed by atoms with E-state index in [0.717, 1.165) is 12.1 Å². The molecule has 2 rings (SSSR count). The summed E-state index contributed by atoms with van der Waals surface area (Å²) in [6.45, 7) is 0.0216. The first-order valence-corrected chi connectivity index (χ1v) is 5.23. The van der Waals surface area contributed by atoms with Gasteiger partial charge in [0.1, 0.15) is 0 Å². The van der Waals surface area contributed by atoms with E-state index in [1.165, 1.54) is 24.3 Å². The van der Waals surface area contributed by atoms with E-state index in [4.69, 9.17) is 5.11 Å². The number of hydrogen-bond donors (Lipinski definition) is 2. The molecule has 0 spiro atoms. The van der Waals surface area contributed by atoms with E-state index in [1.807, 2.05) is 0 Å². The molecule has 94 valence electrons. The van der Waals surface area contributed by atoms with Gasteiger partial charge in [0.25, 0.3) is 0 Å². The number of anilines is 1. The van der Waals surface area contributed by atoms with Gasteiger partial charge in [0, 0.05) is 23.9 Å². The second-order valence-electron chi connectivity index (χ2n) is 3.73. The summed E-state index contributed by atoms with van der Waals surface area (Å²) in [4.78, 5) is 0. The van der Waals surface area contributed by atoms with Crippen molar-refractivity contribution >= 4 is 5.69 Å². The minimum Gasteiger partial charge on any atom is -0.505 e. The van der Waals surface area contributed by atoms with Crippen molar-refractivity contribution in [3.63, 3.8) is 0 Å². The lowest BCUT2D eigenvalue weighted by molar-refractivity contribution is 0.432. The predicted octanol–water partition coefficient (Wildman–Crippen LogP) is 3.42. The Kier molecular flexibility index (Phi) is 3.41. The first kappa shape index (κ1) is 12.3. The third kappa shape index (κ3) is 2.56. The molecule has 0 saturated carbocycles. The molecule has 0 saturated heterocycles. The van der Waals surface area contributed by atoms with Crippen LogP contribution in [-0.2, 0) is 6.54 Å². The highest BCUT2D eigenvalue weighted by Gasteiger charge is 2.07. The molecule has 0 radical (unpaired) electrons. The van der Waals surface area contributed by atoms with Crippen LogP contribution in [0.15, 0.2) is 36.4 Å². The molecule has 0 aliphatic carbocycles. The molecule has 5 heteroatoms. The van der Waals surface area contributed by atoms with E-state index in [-0.39, 0.29) is 12.1 Å². The Labute approximate surface area is 102 Å². The molecular weight excluding hydrogens is 243 g/mol. The van der Waals surface area contributed by atoms with Crippen molar-refractivity contribution in [2.24, 2.45) is 0 Å². The van der Waals surface area contributed by atoms with Crippen molar-refractivity contribution in [1.29, 1.82) is 0 Å². The van der Waals surface area contributed by atoms with E-state index in [2.05, 4.69) is 5.32 Å². The van der Waals surface area contributed by atoms with Crippen LogP contribution in [0.1, 0.15) is 5.56 Å². The van der Waals surface area contributed by atoms with Crippen LogP contribution >= 0.6 is 0 Å². The summed E-state index contributed by atoms with van der Waals surface area (Å²) in [6, 6.07) is 7.55. The zero-order valence-corrected chi connectivity index (χ0v) is 9.25. The van der Waals surface area contributed by atoms with Crippen molar-refractivity contribution < 1.29 is 18.3 Å². The number of aromatic hydroxyl groups is 1. The van der Waals surface area contributed by atoms with Crippen LogP contribution in [0.5, 0.6) is 5.75 Å². The molecule has 2 nitrogen and oxygen atoms in total. The van der Waals surface area contributed by atoms with E-state index in [9.17, 15) is 13.2 Å². The number of benzene rings is 2. The monoisotopic (exact) mass is 253 g/mol. The fourth-order valence-corrected chi connectivity index (χ4v) is 1.50. The lowest BCUT2D eigenvalue weighted by atomic mass is 10.2. The van der Waals surface area contributed by atoms with Crippen molar-refractivity contribution in [2.45, 2.75) is 6.54 Å². The van der Waals surface area contributed by atoms with Crippen LogP contribution in [0.25, 0.3) is 0 Å². The van der Waals surface area contributed by atoms with E-state index >= 15 is 0 Å². The van der Waals surface area contributed by atoms with Gasteiger partial charge in [0.15, 0.2) is 23.2 Å². The summed E-state index contributed by atoms with van der Waals surface area (Å²) >= 11 is 0. The molecule has 0 unspecified atom stereocenters. The van der Waals surface area contributed by atoms with Gasteiger partial charge in [-0.3, -0.25) is 0 Å². The molecule has 0 fully saturated rings. The van der Waals surface area contributed by atoms with Gasteiger partial charge in [0.2, 0.25) is 0 Å². The van der Waals surface area contributed by atoms with E-state index in [0.29, 0.717) is 5.69 Å². The second-order valence-corrected chi connectivity index (χ2v) is 3.73. The summed E-state index contributed by atoms with van der Waals surface area (Å²) in [5.41, 5.74) is 0.512. The average Bonchev–Trinajstić information content (AvgIpc) is 2.35. The largest absolute Gasteiger partial charge is 0.505 e. The van der Waals surface area contributed by atoms with Gasteiger partial charge >= 0.3 is 0 Å². The summed E-state index contributed by atoms with van der Waals surface area (Å²) in [6.07, 6.45) is 0. The van der Waals surface area contributed by atoms with Gasteiger partial charge in [-0.05, 0) is 18.2 Å². The first-order chi connectivity index (χ1) is 8.58. The molecule has 18 heavy (non-hydrogen) atoms. The van der Waals surface area contributed by atoms with E-state index < -0.39 is 23.2 Å². The zero-order valence-electron chi connectivity index (χ0n) is 9.25. The Bertz CT molecular complexity index is 572. The van der Waals surface area contributed by atoms with Crippen LogP contribution < -0.4 is 5.32 Å². The number of phenolic OH excluding ortho intramolecular Hbond substituents is 1. The quantitative estimate of drug-likeness (QED) is 0.821. The summed E-state index contributed by atoms with van der Waals surface area (Å²) in [5.74, 6) is -3.09. The SMILES string of the molecule is Oc1ccc(NCc2cccc(F)c2F)cc1F. The van der Waals surface area contributed by atoms with Gasteiger partial charge in [-0.2, -0.15) is 0 Å². The Morgan fingerprint density at radius 1 is 1.00 bits per heavy atom. The highest BCUT2D eigenvalue weighted by molar-refractivity contribution is 5.47. The molecule has 0 bridgehead atoms. The Morgan fingerprint density at radius 3 is 2.50 bits per heavy atom. The van der Waals surface area contributed by atoms with Crippen LogP contribution in [0.2, 0.25) is 0 Å². The van der Waals surface area contributed by atoms with Gasteiger partial charge in [0.05, 0.1) is 0 Å². The fraction of sp³-hybridized carbons (Fsp3) is 0.0769. The minimum absolute atomic E-state index is 0.0216. The van der Waals surface area contributed by atoms with Crippen LogP contribution in [-0.4, -0.2) is 5.11 Å². The molecule has 0 atom stereocenters. The van der Waals surface area contributed by atoms with Gasteiger partial charge in [-0.1, -0.05) is 12.1 Å². The van der Waals surface area contributed by atoms with Crippen molar-refractivity contribution in [1.82, 2.24) is 0 Å². The number of halogens is 3. The molecule has 2 N–H and O–H groups in total. The lowest BCUT2D eigenvalue weighted by Gasteiger charge is -2.08. The molecule has 2 aromatic carbocycles. The second kappa shape index (κ2) is 5.00. The lowest BCUT2D eigenvalue weighted by Crippen LogP contribution is -2.03. The maximum atomic E-state index is 13.3. The highest BCUT2D eigenvalue weighted by Crippen LogP contribution is 2.20. The van der Waals surface area contributed by atoms with Gasteiger partial charge < -0.3 is 10.4 Å². The normalized spacial score (nSPS) is 10.4. The molecule has 0 heterocycles. The molecule has 0 aliphatic rings. The van der Waals surface area contributed by atoms with Crippen LogP contribution in [0.3, 0.4) is 0 Å². The van der Waals surface area contributed by atoms with Gasteiger partial charge in [-0.25, -0.2) is 13.2 Å². The van der Waals surface area contributed by atoms with Crippen molar-refractivity contribution in [2.75, 3.05) is 5.32 Å². The number of nitrogens with one attached hydrogen (secondary N) is 1. The Morgan fingerprint density at radius 2 is 1.78 bits per heavy atom. The maximum Gasteiger partial charge on any atom is 0.166 e. The van der Waals surface area contributed by atoms with Crippen LogP contribution in [0.4, 0.5) is 18.9 Å². The third-order valence-electron chi connectivity index (χ3n) is 2.46. The van der Waals surface area contributed by atoms with Crippen molar-refractivity contribution in [3.05, 3.63) is 59.4 Å². The highest BCUT2D eigenvalue weighted by atomic mass is 19.2. The first-order valence-electron chi connectivity index (χ1n) is 5.23. The number of phenols is 1. The Hall–Kier alpha value is -2.17. The maximum absolute atomic E-state index is 13.3.